The molecule has 11 heteroatoms. The number of sulfonamides is 2. The second-order valence-corrected chi connectivity index (χ2v) is 12.5. The Labute approximate surface area is 208 Å². The number of carbonyl (C=O) groups excluding carboxylic acids is 1. The fourth-order valence-corrected chi connectivity index (χ4v) is 6.59. The molecule has 1 saturated heterocycles. The molecule has 0 saturated carbocycles. The van der Waals surface area contributed by atoms with E-state index in [0.717, 1.165) is 5.56 Å². The van der Waals surface area contributed by atoms with Gasteiger partial charge in [0.15, 0.2) is 0 Å². The molecule has 1 N–H and O–H groups in total. The number of nitrogens with zero attached hydrogens (tertiary/aromatic N) is 3. The van der Waals surface area contributed by atoms with Crippen molar-refractivity contribution in [2.75, 3.05) is 50.3 Å². The number of hydrogen-bond donors (Lipinski definition) is 1. The van der Waals surface area contributed by atoms with Crippen LogP contribution in [0.2, 0.25) is 0 Å². The number of rotatable bonds is 10. The summed E-state index contributed by atoms with van der Waals surface area (Å²) in [5.41, 5.74) is 1.96. The summed E-state index contributed by atoms with van der Waals surface area (Å²) in [5.74, 6) is -0.177. The van der Waals surface area contributed by atoms with Gasteiger partial charge in [0.25, 0.3) is 5.91 Å². The van der Waals surface area contributed by atoms with E-state index in [0.29, 0.717) is 57.1 Å². The highest BCUT2D eigenvalue weighted by atomic mass is 32.2. The molecule has 1 fully saturated rings. The number of carbonyl (C=O) groups is 1. The van der Waals surface area contributed by atoms with Gasteiger partial charge in [-0.05, 0) is 48.9 Å². The van der Waals surface area contributed by atoms with E-state index in [1.165, 1.54) is 20.7 Å². The van der Waals surface area contributed by atoms with E-state index in [1.807, 2.05) is 18.2 Å². The van der Waals surface area contributed by atoms with Gasteiger partial charge in [-0.25, -0.2) is 16.8 Å². The van der Waals surface area contributed by atoms with Crippen molar-refractivity contribution in [1.82, 2.24) is 13.5 Å². The lowest BCUT2D eigenvalue weighted by atomic mass is 10.1. The van der Waals surface area contributed by atoms with Crippen molar-refractivity contribution in [3.63, 3.8) is 0 Å². The minimum atomic E-state index is -3.55. The maximum absolute atomic E-state index is 12.8. The maximum Gasteiger partial charge on any atom is 0.255 e. The largest absolute Gasteiger partial charge is 0.322 e. The number of piperazine rings is 1. The molecule has 35 heavy (non-hydrogen) atoms. The summed E-state index contributed by atoms with van der Waals surface area (Å²) in [5, 5.41) is 2.82. The van der Waals surface area contributed by atoms with Crippen LogP contribution in [0, 0.1) is 0 Å². The van der Waals surface area contributed by atoms with Gasteiger partial charge in [0.1, 0.15) is 0 Å². The molecule has 1 aliphatic rings. The molecule has 1 aliphatic heterocycles. The predicted octanol–water partition coefficient (Wildman–Crippen LogP) is 2.44. The predicted molar refractivity (Wildman–Crippen MR) is 137 cm³/mol. The van der Waals surface area contributed by atoms with Crippen LogP contribution in [0.4, 0.5) is 5.69 Å². The zero-order valence-corrected chi connectivity index (χ0v) is 22.1. The van der Waals surface area contributed by atoms with Gasteiger partial charge in [0, 0.05) is 57.1 Å². The summed E-state index contributed by atoms with van der Waals surface area (Å²) in [4.78, 5) is 15.2. The van der Waals surface area contributed by atoms with E-state index >= 15 is 0 Å². The summed E-state index contributed by atoms with van der Waals surface area (Å²) >= 11 is 0. The molecule has 1 heterocycles. The molecule has 0 bridgehead atoms. The average molecular weight is 523 g/mol. The molecule has 2 aromatic rings. The number of benzene rings is 2. The van der Waals surface area contributed by atoms with Gasteiger partial charge in [0.2, 0.25) is 20.0 Å². The van der Waals surface area contributed by atoms with Crippen molar-refractivity contribution < 1.29 is 21.6 Å². The Bertz CT molecular complexity index is 1220. The van der Waals surface area contributed by atoms with Crippen LogP contribution in [0.3, 0.4) is 0 Å². The van der Waals surface area contributed by atoms with Crippen LogP contribution in [0.15, 0.2) is 53.4 Å². The van der Waals surface area contributed by atoms with E-state index in [2.05, 4.69) is 10.2 Å². The van der Waals surface area contributed by atoms with Crippen LogP contribution < -0.4 is 5.32 Å². The average Bonchev–Trinajstić information content (AvgIpc) is 2.85. The highest BCUT2D eigenvalue weighted by Gasteiger charge is 2.25. The number of anilines is 1. The van der Waals surface area contributed by atoms with Crippen molar-refractivity contribution in [3.8, 4) is 0 Å². The lowest BCUT2D eigenvalue weighted by Gasteiger charge is -2.33. The summed E-state index contributed by atoms with van der Waals surface area (Å²) in [6, 6.07) is 13.5. The molecule has 192 valence electrons. The molecular formula is C24H34N4O5S2. The van der Waals surface area contributed by atoms with Gasteiger partial charge in [-0.2, -0.15) is 8.61 Å². The molecule has 0 radical (unpaired) electrons. The standard InChI is InChI=1S/C24H34N4O5S2/c1-4-27(5-2)35(32,33)23-12-10-22(11-13-23)25-24(29)21-9-7-8-20(18-21)19-26-14-16-28(17-15-26)34(30,31)6-3/h7-13,18H,4-6,14-17,19H2,1-3H3,(H,25,29). The lowest BCUT2D eigenvalue weighted by Crippen LogP contribution is -2.48. The van der Waals surface area contributed by atoms with Crippen molar-refractivity contribution in [3.05, 3.63) is 59.7 Å². The van der Waals surface area contributed by atoms with E-state index in [9.17, 15) is 21.6 Å². The van der Waals surface area contributed by atoms with Crippen LogP contribution in [-0.2, 0) is 26.6 Å². The summed E-state index contributed by atoms with van der Waals surface area (Å²) < 4.78 is 52.3. The van der Waals surface area contributed by atoms with Crippen molar-refractivity contribution in [2.24, 2.45) is 0 Å². The van der Waals surface area contributed by atoms with E-state index in [4.69, 9.17) is 0 Å². The van der Waals surface area contributed by atoms with Crippen LogP contribution in [0.1, 0.15) is 36.7 Å². The number of amides is 1. The third kappa shape index (κ3) is 6.68. The second-order valence-electron chi connectivity index (χ2n) is 8.34. The summed E-state index contributed by atoms with van der Waals surface area (Å²) in [6.07, 6.45) is 0. The Morgan fingerprint density at radius 1 is 0.914 bits per heavy atom. The minimum absolute atomic E-state index is 0.110. The topological polar surface area (TPSA) is 107 Å². The van der Waals surface area contributed by atoms with Crippen molar-refractivity contribution >= 4 is 31.6 Å². The fraction of sp³-hybridized carbons (Fsp3) is 0.458. The highest BCUT2D eigenvalue weighted by molar-refractivity contribution is 7.89. The van der Waals surface area contributed by atoms with Gasteiger partial charge in [0.05, 0.1) is 10.6 Å². The third-order valence-corrected chi connectivity index (χ3v) is 10.1. The fourth-order valence-electron chi connectivity index (χ4n) is 4.04. The quantitative estimate of drug-likeness (QED) is 0.514. The Morgan fingerprint density at radius 3 is 2.11 bits per heavy atom. The Balaban J connectivity index is 1.61. The number of hydrogen-bond acceptors (Lipinski definition) is 6. The molecule has 1 amide bonds. The molecule has 0 atom stereocenters. The Kier molecular flexibility index (Phi) is 9.05. The van der Waals surface area contributed by atoms with E-state index < -0.39 is 20.0 Å². The zero-order chi connectivity index (χ0) is 25.6. The van der Waals surface area contributed by atoms with E-state index in [-0.39, 0.29) is 16.6 Å². The van der Waals surface area contributed by atoms with Gasteiger partial charge in [-0.15, -0.1) is 0 Å². The van der Waals surface area contributed by atoms with Crippen molar-refractivity contribution in [1.29, 1.82) is 0 Å². The molecule has 9 nitrogen and oxygen atoms in total. The summed E-state index contributed by atoms with van der Waals surface area (Å²) in [7, 11) is -6.72. The molecule has 0 aliphatic carbocycles. The van der Waals surface area contributed by atoms with Gasteiger partial charge >= 0.3 is 0 Å². The molecular weight excluding hydrogens is 488 g/mol. The SMILES string of the molecule is CCN(CC)S(=O)(=O)c1ccc(NC(=O)c2cccc(CN3CCN(S(=O)(=O)CC)CC3)c2)cc1. The Morgan fingerprint density at radius 2 is 1.54 bits per heavy atom. The lowest BCUT2D eigenvalue weighted by molar-refractivity contribution is 0.102. The molecule has 0 spiro atoms. The van der Waals surface area contributed by atoms with Crippen LogP contribution in [0.5, 0.6) is 0 Å². The third-order valence-electron chi connectivity index (χ3n) is 6.14. The molecule has 3 rings (SSSR count). The van der Waals surface area contributed by atoms with Gasteiger partial charge in [-0.3, -0.25) is 9.69 Å². The first kappa shape index (κ1) is 27.3. The van der Waals surface area contributed by atoms with Crippen LogP contribution in [0.25, 0.3) is 0 Å². The highest BCUT2D eigenvalue weighted by Crippen LogP contribution is 2.19. The monoisotopic (exact) mass is 522 g/mol. The smallest absolute Gasteiger partial charge is 0.255 e. The van der Waals surface area contributed by atoms with Crippen molar-refractivity contribution in [2.45, 2.75) is 32.2 Å². The van der Waals surface area contributed by atoms with Gasteiger partial charge in [-0.1, -0.05) is 26.0 Å². The normalized spacial score (nSPS) is 15.9. The van der Waals surface area contributed by atoms with Crippen LogP contribution >= 0.6 is 0 Å². The van der Waals surface area contributed by atoms with Gasteiger partial charge < -0.3 is 5.32 Å². The molecule has 0 unspecified atom stereocenters. The molecule has 0 aromatic heterocycles. The Hall–Kier alpha value is -2.31. The molecule has 2 aromatic carbocycles. The number of nitrogens with one attached hydrogen (secondary N) is 1. The summed E-state index contributed by atoms with van der Waals surface area (Å²) in [6.45, 7) is 8.85. The first-order valence-corrected chi connectivity index (χ1v) is 14.9. The first-order valence-electron chi connectivity index (χ1n) is 11.8. The van der Waals surface area contributed by atoms with E-state index in [1.54, 1.807) is 39.0 Å². The minimum Gasteiger partial charge on any atom is -0.322 e. The zero-order valence-electron chi connectivity index (χ0n) is 20.5. The maximum atomic E-state index is 12.8. The first-order chi connectivity index (χ1) is 16.6. The second kappa shape index (κ2) is 11.6. The van der Waals surface area contributed by atoms with Crippen LogP contribution in [-0.4, -0.2) is 81.3 Å².